The Morgan fingerprint density at radius 2 is 2.15 bits per heavy atom. The van der Waals surface area contributed by atoms with Gasteiger partial charge in [-0.25, -0.2) is 9.50 Å². The molecule has 0 spiro atoms. The van der Waals surface area contributed by atoms with Crippen molar-refractivity contribution in [3.05, 3.63) is 29.7 Å². The van der Waals surface area contributed by atoms with Gasteiger partial charge in [0.1, 0.15) is 6.33 Å². The van der Waals surface area contributed by atoms with Gasteiger partial charge in [0.15, 0.2) is 5.65 Å². The second-order valence-electron chi connectivity index (χ2n) is 3.63. The van der Waals surface area contributed by atoms with Gasteiger partial charge in [0, 0.05) is 6.20 Å². The van der Waals surface area contributed by atoms with Crippen LogP contribution in [-0.4, -0.2) is 14.6 Å². The molecule has 0 N–H and O–H groups in total. The largest absolute Gasteiger partial charge is 0.221 e. The molecule has 0 bridgehead atoms. The minimum Gasteiger partial charge on any atom is -0.221 e. The smallest absolute Gasteiger partial charge is 0.155 e. The molecule has 2 aromatic heterocycles. The Morgan fingerprint density at radius 1 is 1.38 bits per heavy atom. The number of pyridine rings is 1. The van der Waals surface area contributed by atoms with Crippen molar-refractivity contribution in [3.8, 4) is 0 Å². The highest BCUT2D eigenvalue weighted by Crippen LogP contribution is 2.19. The lowest BCUT2D eigenvalue weighted by molar-refractivity contribution is 0.825. The molecule has 68 valence electrons. The van der Waals surface area contributed by atoms with Crippen LogP contribution in [0.4, 0.5) is 0 Å². The number of fused-ring (bicyclic) bond motifs is 1. The molecule has 0 atom stereocenters. The van der Waals surface area contributed by atoms with Crippen molar-refractivity contribution in [2.45, 2.75) is 26.7 Å². The Labute approximate surface area is 77.4 Å². The van der Waals surface area contributed by atoms with E-state index < -0.39 is 0 Å². The highest BCUT2D eigenvalue weighted by molar-refractivity contribution is 5.43. The summed E-state index contributed by atoms with van der Waals surface area (Å²) in [5.41, 5.74) is 3.54. The van der Waals surface area contributed by atoms with Crippen molar-refractivity contribution in [1.82, 2.24) is 14.6 Å². The fourth-order valence-electron chi connectivity index (χ4n) is 1.58. The summed E-state index contributed by atoms with van der Waals surface area (Å²) >= 11 is 0. The lowest BCUT2D eigenvalue weighted by atomic mass is 10.0. The van der Waals surface area contributed by atoms with Crippen molar-refractivity contribution < 1.29 is 0 Å². The van der Waals surface area contributed by atoms with E-state index in [1.807, 2.05) is 4.52 Å². The zero-order chi connectivity index (χ0) is 9.42. The molecule has 3 heteroatoms. The summed E-state index contributed by atoms with van der Waals surface area (Å²) in [5.74, 6) is 0.536. The zero-order valence-electron chi connectivity index (χ0n) is 8.15. The Kier molecular flexibility index (Phi) is 1.79. The van der Waals surface area contributed by atoms with Crippen LogP contribution in [0.1, 0.15) is 30.9 Å². The van der Waals surface area contributed by atoms with Crippen molar-refractivity contribution in [2.24, 2.45) is 0 Å². The Bertz CT molecular complexity index is 429. The normalized spacial score (nSPS) is 11.4. The molecule has 0 aliphatic heterocycles. The van der Waals surface area contributed by atoms with Gasteiger partial charge in [-0.3, -0.25) is 0 Å². The van der Waals surface area contributed by atoms with Gasteiger partial charge in [-0.15, -0.1) is 0 Å². The standard InChI is InChI=1S/C10H13N3/c1-7(2)9-5-13-10(4-8(9)3)11-6-12-13/h4-7H,1-3H3. The summed E-state index contributed by atoms with van der Waals surface area (Å²) in [6, 6.07) is 2.07. The summed E-state index contributed by atoms with van der Waals surface area (Å²) in [4.78, 5) is 4.13. The van der Waals surface area contributed by atoms with Gasteiger partial charge in [0.25, 0.3) is 0 Å². The number of hydrogen-bond donors (Lipinski definition) is 0. The quantitative estimate of drug-likeness (QED) is 0.664. The van der Waals surface area contributed by atoms with Crippen LogP contribution in [0.5, 0.6) is 0 Å². The molecule has 0 fully saturated rings. The van der Waals surface area contributed by atoms with Gasteiger partial charge in [-0.05, 0) is 30.0 Å². The summed E-state index contributed by atoms with van der Waals surface area (Å²) in [7, 11) is 0. The van der Waals surface area contributed by atoms with E-state index >= 15 is 0 Å². The number of hydrogen-bond acceptors (Lipinski definition) is 2. The molecule has 0 amide bonds. The minimum absolute atomic E-state index is 0.536. The molecule has 0 aliphatic carbocycles. The molecule has 3 nitrogen and oxygen atoms in total. The maximum absolute atomic E-state index is 4.13. The van der Waals surface area contributed by atoms with E-state index in [9.17, 15) is 0 Å². The molecule has 0 aliphatic rings. The Hall–Kier alpha value is -1.38. The maximum Gasteiger partial charge on any atom is 0.155 e. The van der Waals surface area contributed by atoms with Crippen LogP contribution in [0.3, 0.4) is 0 Å². The fourth-order valence-corrected chi connectivity index (χ4v) is 1.58. The zero-order valence-corrected chi connectivity index (χ0v) is 8.15. The molecule has 2 aromatic rings. The van der Waals surface area contributed by atoms with Gasteiger partial charge in [-0.1, -0.05) is 13.8 Å². The van der Waals surface area contributed by atoms with E-state index in [0.717, 1.165) is 5.65 Å². The van der Waals surface area contributed by atoms with Gasteiger partial charge in [0.05, 0.1) is 0 Å². The van der Waals surface area contributed by atoms with Gasteiger partial charge in [-0.2, -0.15) is 5.10 Å². The van der Waals surface area contributed by atoms with E-state index in [1.165, 1.54) is 11.1 Å². The highest BCUT2D eigenvalue weighted by Gasteiger charge is 2.05. The number of aromatic nitrogens is 3. The highest BCUT2D eigenvalue weighted by atomic mass is 15.3. The molecule has 0 unspecified atom stereocenters. The first-order valence-electron chi connectivity index (χ1n) is 4.48. The van der Waals surface area contributed by atoms with Crippen LogP contribution in [0.2, 0.25) is 0 Å². The predicted molar refractivity (Wildman–Crippen MR) is 51.8 cm³/mol. The summed E-state index contributed by atoms with van der Waals surface area (Å²) in [6.45, 7) is 6.49. The Morgan fingerprint density at radius 3 is 2.85 bits per heavy atom. The molecule has 2 rings (SSSR count). The first kappa shape index (κ1) is 8.23. The monoisotopic (exact) mass is 175 g/mol. The molecular weight excluding hydrogens is 162 g/mol. The maximum atomic E-state index is 4.13. The van der Waals surface area contributed by atoms with Crippen molar-refractivity contribution in [1.29, 1.82) is 0 Å². The number of nitrogens with zero attached hydrogens (tertiary/aromatic N) is 3. The molecular formula is C10H13N3. The summed E-state index contributed by atoms with van der Waals surface area (Å²) < 4.78 is 1.82. The van der Waals surface area contributed by atoms with Crippen LogP contribution >= 0.6 is 0 Å². The number of aryl methyl sites for hydroxylation is 1. The first-order chi connectivity index (χ1) is 6.18. The van der Waals surface area contributed by atoms with Crippen molar-refractivity contribution >= 4 is 5.65 Å². The van der Waals surface area contributed by atoms with Crippen LogP contribution in [-0.2, 0) is 0 Å². The third-order valence-electron chi connectivity index (χ3n) is 2.29. The summed E-state index contributed by atoms with van der Waals surface area (Å²) in [6.07, 6.45) is 3.64. The first-order valence-corrected chi connectivity index (χ1v) is 4.48. The van der Waals surface area contributed by atoms with E-state index in [-0.39, 0.29) is 0 Å². The van der Waals surface area contributed by atoms with Gasteiger partial charge >= 0.3 is 0 Å². The topological polar surface area (TPSA) is 30.2 Å². The SMILES string of the molecule is Cc1cc2ncnn2cc1C(C)C. The minimum atomic E-state index is 0.536. The van der Waals surface area contributed by atoms with Crippen LogP contribution in [0.25, 0.3) is 5.65 Å². The molecule has 13 heavy (non-hydrogen) atoms. The lowest BCUT2D eigenvalue weighted by Gasteiger charge is -2.08. The second-order valence-corrected chi connectivity index (χ2v) is 3.63. The van der Waals surface area contributed by atoms with E-state index in [2.05, 4.69) is 43.1 Å². The van der Waals surface area contributed by atoms with Gasteiger partial charge < -0.3 is 0 Å². The molecule has 0 radical (unpaired) electrons. The van der Waals surface area contributed by atoms with Crippen LogP contribution in [0.15, 0.2) is 18.6 Å². The average Bonchev–Trinajstić information content (AvgIpc) is 2.48. The van der Waals surface area contributed by atoms with Crippen molar-refractivity contribution in [2.75, 3.05) is 0 Å². The van der Waals surface area contributed by atoms with E-state index in [1.54, 1.807) is 6.33 Å². The third-order valence-corrected chi connectivity index (χ3v) is 2.29. The van der Waals surface area contributed by atoms with E-state index in [0.29, 0.717) is 5.92 Å². The third kappa shape index (κ3) is 1.30. The van der Waals surface area contributed by atoms with Crippen molar-refractivity contribution in [3.63, 3.8) is 0 Å². The fraction of sp³-hybridized carbons (Fsp3) is 0.400. The van der Waals surface area contributed by atoms with Crippen LogP contribution < -0.4 is 0 Å². The van der Waals surface area contributed by atoms with Crippen LogP contribution in [0, 0.1) is 6.92 Å². The lowest BCUT2D eigenvalue weighted by Crippen LogP contribution is -1.97. The predicted octanol–water partition coefficient (Wildman–Crippen LogP) is 2.16. The molecule has 2 heterocycles. The summed E-state index contributed by atoms with van der Waals surface area (Å²) in [5, 5.41) is 4.11. The van der Waals surface area contributed by atoms with E-state index in [4.69, 9.17) is 0 Å². The average molecular weight is 175 g/mol. The molecule has 0 saturated carbocycles. The molecule has 0 aromatic carbocycles. The van der Waals surface area contributed by atoms with Gasteiger partial charge in [0.2, 0.25) is 0 Å². The Balaban J connectivity index is 2.69. The molecule has 0 saturated heterocycles. The number of rotatable bonds is 1. The second kappa shape index (κ2) is 2.83.